The molecule has 0 bridgehead atoms. The fourth-order valence-electron chi connectivity index (χ4n) is 3.45. The molecule has 0 saturated carbocycles. The lowest BCUT2D eigenvalue weighted by Gasteiger charge is -2.34. The lowest BCUT2D eigenvalue weighted by atomic mass is 10.1. The Kier molecular flexibility index (Phi) is 8.52. The van der Waals surface area contributed by atoms with Crippen LogP contribution >= 0.6 is 11.8 Å². The largest absolute Gasteiger partial charge is 0.356 e. The number of thioether (sulfide) groups is 1. The first-order valence-corrected chi connectivity index (χ1v) is 11.7. The molecule has 166 valence electrons. The summed E-state index contributed by atoms with van der Waals surface area (Å²) in [5.41, 5.74) is 2.49. The molecular weight excluding hydrogens is 410 g/mol. The molecule has 1 fully saturated rings. The average molecular weight is 442 g/mol. The van der Waals surface area contributed by atoms with E-state index in [1.54, 1.807) is 31.2 Å². The highest BCUT2D eigenvalue weighted by Crippen LogP contribution is 2.21. The Bertz CT molecular complexity index is 883. The normalized spacial score (nSPS) is 14.5. The van der Waals surface area contributed by atoms with Gasteiger partial charge in [0.2, 0.25) is 11.9 Å². The quantitative estimate of drug-likeness (QED) is 0.386. The first-order chi connectivity index (χ1) is 15.1. The van der Waals surface area contributed by atoms with Crippen LogP contribution in [0.5, 0.6) is 0 Å². The maximum atomic E-state index is 12.6. The van der Waals surface area contributed by atoms with Gasteiger partial charge in [-0.25, -0.2) is 9.97 Å². The van der Waals surface area contributed by atoms with Gasteiger partial charge in [-0.1, -0.05) is 12.1 Å². The minimum Gasteiger partial charge on any atom is -0.356 e. The van der Waals surface area contributed by atoms with E-state index in [0.29, 0.717) is 38.6 Å². The van der Waals surface area contributed by atoms with E-state index in [9.17, 15) is 4.79 Å². The standard InChI is InChI=1S/C22H31N7OS/c1-17-5-6-18(19(15-17)31-3)16-27-21(23-2)24-10-7-20(30)28-11-13-29(14-12-28)22-25-8-4-9-26-22/h4-6,8-9,15H,7,10-14,16H2,1-3H3,(H2,23,24,27). The fraction of sp³-hybridized carbons (Fsp3) is 0.455. The van der Waals surface area contributed by atoms with Gasteiger partial charge in [-0.2, -0.15) is 0 Å². The minimum absolute atomic E-state index is 0.153. The number of benzene rings is 1. The third kappa shape index (κ3) is 6.58. The zero-order chi connectivity index (χ0) is 22.1. The Morgan fingerprint density at radius 3 is 2.58 bits per heavy atom. The van der Waals surface area contributed by atoms with E-state index >= 15 is 0 Å². The summed E-state index contributed by atoms with van der Waals surface area (Å²) in [5, 5.41) is 6.58. The van der Waals surface area contributed by atoms with Crippen molar-refractivity contribution in [3.05, 3.63) is 47.8 Å². The number of carbonyl (C=O) groups is 1. The topological polar surface area (TPSA) is 85.8 Å². The number of rotatable bonds is 7. The predicted molar refractivity (Wildman–Crippen MR) is 127 cm³/mol. The van der Waals surface area contributed by atoms with Crippen LogP contribution in [0.25, 0.3) is 0 Å². The van der Waals surface area contributed by atoms with E-state index in [-0.39, 0.29) is 5.91 Å². The van der Waals surface area contributed by atoms with Crippen molar-refractivity contribution in [2.45, 2.75) is 24.8 Å². The first kappa shape index (κ1) is 22.9. The van der Waals surface area contributed by atoms with Crippen LogP contribution in [0.1, 0.15) is 17.5 Å². The summed E-state index contributed by atoms with van der Waals surface area (Å²) in [6, 6.07) is 8.27. The highest BCUT2D eigenvalue weighted by Gasteiger charge is 2.22. The summed E-state index contributed by atoms with van der Waals surface area (Å²) in [4.78, 5) is 30.7. The van der Waals surface area contributed by atoms with Crippen molar-refractivity contribution in [1.82, 2.24) is 25.5 Å². The summed E-state index contributed by atoms with van der Waals surface area (Å²) in [5.74, 6) is 1.58. The molecule has 1 aromatic heterocycles. The maximum absolute atomic E-state index is 12.6. The van der Waals surface area contributed by atoms with Crippen molar-refractivity contribution in [1.29, 1.82) is 0 Å². The van der Waals surface area contributed by atoms with Crippen molar-refractivity contribution in [2.75, 3.05) is 50.9 Å². The Balaban J connectivity index is 1.39. The van der Waals surface area contributed by atoms with Crippen molar-refractivity contribution in [3.63, 3.8) is 0 Å². The van der Waals surface area contributed by atoms with E-state index in [1.165, 1.54) is 16.0 Å². The molecule has 0 aliphatic carbocycles. The number of carbonyl (C=O) groups excluding carboxylic acids is 1. The second kappa shape index (κ2) is 11.5. The molecule has 31 heavy (non-hydrogen) atoms. The van der Waals surface area contributed by atoms with Crippen LogP contribution in [0, 0.1) is 6.92 Å². The third-order valence-corrected chi connectivity index (χ3v) is 6.03. The Hall–Kier alpha value is -2.81. The third-order valence-electron chi connectivity index (χ3n) is 5.21. The van der Waals surface area contributed by atoms with Crippen molar-refractivity contribution < 1.29 is 4.79 Å². The number of amides is 1. The number of nitrogens with one attached hydrogen (secondary N) is 2. The molecular formula is C22H31N7OS. The summed E-state index contributed by atoms with van der Waals surface area (Å²) in [7, 11) is 1.74. The molecule has 2 heterocycles. The Labute approximate surface area is 188 Å². The van der Waals surface area contributed by atoms with E-state index in [0.717, 1.165) is 19.0 Å². The van der Waals surface area contributed by atoms with Crippen molar-refractivity contribution in [2.24, 2.45) is 4.99 Å². The van der Waals surface area contributed by atoms with E-state index in [1.807, 2.05) is 11.0 Å². The molecule has 0 spiro atoms. The van der Waals surface area contributed by atoms with E-state index in [2.05, 4.69) is 61.9 Å². The lowest BCUT2D eigenvalue weighted by Crippen LogP contribution is -2.50. The molecule has 2 aromatic rings. The number of aryl methyl sites for hydroxylation is 1. The van der Waals surface area contributed by atoms with Gasteiger partial charge in [-0.3, -0.25) is 9.79 Å². The molecule has 1 aliphatic rings. The number of hydrogen-bond acceptors (Lipinski definition) is 6. The molecule has 1 aliphatic heterocycles. The van der Waals surface area contributed by atoms with Crippen LogP contribution in [0.15, 0.2) is 46.5 Å². The average Bonchev–Trinajstić information content (AvgIpc) is 2.82. The van der Waals surface area contributed by atoms with Gasteiger partial charge in [0.25, 0.3) is 0 Å². The van der Waals surface area contributed by atoms with Gasteiger partial charge >= 0.3 is 0 Å². The fourth-order valence-corrected chi connectivity index (χ4v) is 4.16. The zero-order valence-corrected chi connectivity index (χ0v) is 19.3. The van der Waals surface area contributed by atoms with Crippen molar-refractivity contribution >= 4 is 29.6 Å². The second-order valence-corrected chi connectivity index (χ2v) is 8.18. The smallest absolute Gasteiger partial charge is 0.225 e. The molecule has 0 radical (unpaired) electrons. The zero-order valence-electron chi connectivity index (χ0n) is 18.5. The van der Waals surface area contributed by atoms with Crippen LogP contribution in [-0.4, -0.2) is 72.8 Å². The lowest BCUT2D eigenvalue weighted by molar-refractivity contribution is -0.131. The van der Waals surface area contributed by atoms with Gasteiger partial charge in [0, 0.05) is 70.0 Å². The van der Waals surface area contributed by atoms with E-state index < -0.39 is 0 Å². The van der Waals surface area contributed by atoms with Gasteiger partial charge in [-0.05, 0) is 36.4 Å². The molecule has 2 N–H and O–H groups in total. The number of aliphatic imine (C=N–C) groups is 1. The van der Waals surface area contributed by atoms with Gasteiger partial charge < -0.3 is 20.4 Å². The van der Waals surface area contributed by atoms with Crippen LogP contribution < -0.4 is 15.5 Å². The monoisotopic (exact) mass is 441 g/mol. The number of guanidine groups is 1. The number of piperazine rings is 1. The van der Waals surface area contributed by atoms with Crippen LogP contribution in [0.3, 0.4) is 0 Å². The van der Waals surface area contributed by atoms with Gasteiger partial charge in [-0.15, -0.1) is 11.8 Å². The van der Waals surface area contributed by atoms with Crippen LogP contribution in [-0.2, 0) is 11.3 Å². The molecule has 0 atom stereocenters. The summed E-state index contributed by atoms with van der Waals surface area (Å²) < 4.78 is 0. The van der Waals surface area contributed by atoms with E-state index in [4.69, 9.17) is 0 Å². The predicted octanol–water partition coefficient (Wildman–Crippen LogP) is 1.91. The molecule has 0 unspecified atom stereocenters. The number of aromatic nitrogens is 2. The van der Waals surface area contributed by atoms with Gasteiger partial charge in [0.15, 0.2) is 5.96 Å². The number of hydrogen-bond donors (Lipinski definition) is 2. The molecule has 9 heteroatoms. The van der Waals surface area contributed by atoms with Gasteiger partial charge in [0.1, 0.15) is 0 Å². The minimum atomic E-state index is 0.153. The first-order valence-electron chi connectivity index (χ1n) is 10.5. The Morgan fingerprint density at radius 1 is 1.16 bits per heavy atom. The summed E-state index contributed by atoms with van der Waals surface area (Å²) in [6.45, 7) is 6.21. The highest BCUT2D eigenvalue weighted by molar-refractivity contribution is 7.98. The van der Waals surface area contributed by atoms with Crippen molar-refractivity contribution in [3.8, 4) is 0 Å². The number of anilines is 1. The summed E-state index contributed by atoms with van der Waals surface area (Å²) >= 11 is 1.74. The molecule has 1 saturated heterocycles. The molecule has 1 amide bonds. The van der Waals surface area contributed by atoms with Crippen LogP contribution in [0.2, 0.25) is 0 Å². The Morgan fingerprint density at radius 2 is 1.90 bits per heavy atom. The summed E-state index contributed by atoms with van der Waals surface area (Å²) in [6.07, 6.45) is 6.01. The SMILES string of the molecule is CN=C(NCCC(=O)N1CCN(c2ncccn2)CC1)NCc1ccc(C)cc1SC. The molecule has 3 rings (SSSR count). The van der Waals surface area contributed by atoms with Gasteiger partial charge in [0.05, 0.1) is 0 Å². The van der Waals surface area contributed by atoms with Crippen LogP contribution in [0.4, 0.5) is 5.95 Å². The second-order valence-electron chi connectivity index (χ2n) is 7.33. The molecule has 8 nitrogen and oxygen atoms in total. The molecule has 1 aromatic carbocycles. The number of nitrogens with zero attached hydrogens (tertiary/aromatic N) is 5. The maximum Gasteiger partial charge on any atom is 0.225 e. The highest BCUT2D eigenvalue weighted by atomic mass is 32.2.